The number of nitrogens with zero attached hydrogens (tertiary/aromatic N) is 3. The van der Waals surface area contributed by atoms with Gasteiger partial charge in [0.05, 0.1) is 6.61 Å². The summed E-state index contributed by atoms with van der Waals surface area (Å²) in [6, 6.07) is 0. The van der Waals surface area contributed by atoms with Crippen LogP contribution in [-0.2, 0) is 4.74 Å². The Hall–Kier alpha value is -2.60. The number of aliphatic hydroxyl groups is 3. The van der Waals surface area contributed by atoms with Crippen molar-refractivity contribution < 1.29 is 24.9 Å². The predicted octanol–water partition coefficient (Wildman–Crippen LogP) is -2.92. The molecule has 11 heteroatoms. The van der Waals surface area contributed by atoms with Crippen LogP contribution in [0.2, 0.25) is 0 Å². The third-order valence-electron chi connectivity index (χ3n) is 3.90. The molecule has 1 aliphatic heterocycles. The van der Waals surface area contributed by atoms with Crippen molar-refractivity contribution in [2.24, 2.45) is 5.73 Å². The first kappa shape index (κ1) is 16.3. The summed E-state index contributed by atoms with van der Waals surface area (Å²) in [5, 5.41) is 29.1. The highest BCUT2D eigenvalue weighted by Gasteiger charge is 2.44. The van der Waals surface area contributed by atoms with E-state index in [1.165, 1.54) is 4.57 Å². The Bertz CT molecular complexity index is 868. The molecule has 0 radical (unpaired) electrons. The summed E-state index contributed by atoms with van der Waals surface area (Å²) in [7, 11) is 0. The van der Waals surface area contributed by atoms with Gasteiger partial charge >= 0.3 is 0 Å². The number of carbonyl (C=O) groups excluding carboxylic acids is 1. The lowest BCUT2D eigenvalue weighted by molar-refractivity contribution is -0.0511. The first-order valence-electron chi connectivity index (χ1n) is 6.94. The third-order valence-corrected chi connectivity index (χ3v) is 3.90. The molecule has 1 saturated heterocycles. The molecular weight excluding hydrogens is 322 g/mol. The van der Waals surface area contributed by atoms with Gasteiger partial charge < -0.3 is 36.1 Å². The predicted molar refractivity (Wildman–Crippen MR) is 79.7 cm³/mol. The summed E-state index contributed by atoms with van der Waals surface area (Å²) in [6.45, 7) is -0.535. The number of rotatable bonds is 3. The second kappa shape index (κ2) is 5.79. The Kier molecular flexibility index (Phi) is 3.93. The molecule has 11 nitrogen and oxygen atoms in total. The Morgan fingerprint density at radius 3 is 2.62 bits per heavy atom. The molecule has 24 heavy (non-hydrogen) atoms. The number of pyridine rings is 1. The van der Waals surface area contributed by atoms with Crippen molar-refractivity contribution in [1.29, 1.82) is 0 Å². The van der Waals surface area contributed by atoms with Gasteiger partial charge in [-0.05, 0) is 0 Å². The standard InChI is InChI=1S/C13H15N5O6/c14-10-6-7(20)4(11(15)23)1-18(12(6)17-3-16-10)13-9(22)8(21)5(2-19)24-13/h1,3,5,8-9,13,19,21-22H,2H2,(H2,15,23)(H2,14,16,17). The smallest absolute Gasteiger partial charge is 0.254 e. The van der Waals surface area contributed by atoms with E-state index in [0.29, 0.717) is 0 Å². The number of hydrogen-bond donors (Lipinski definition) is 5. The number of hydrogen-bond acceptors (Lipinski definition) is 9. The number of ether oxygens (including phenoxy) is 1. The van der Waals surface area contributed by atoms with Crippen LogP contribution in [0.15, 0.2) is 17.3 Å². The largest absolute Gasteiger partial charge is 0.394 e. The van der Waals surface area contributed by atoms with Gasteiger partial charge in [-0.25, -0.2) is 9.97 Å². The van der Waals surface area contributed by atoms with Gasteiger partial charge in [-0.1, -0.05) is 0 Å². The molecule has 4 unspecified atom stereocenters. The average Bonchev–Trinajstić information content (AvgIpc) is 2.83. The summed E-state index contributed by atoms with van der Waals surface area (Å²) < 4.78 is 6.57. The van der Waals surface area contributed by atoms with Crippen LogP contribution in [-0.4, -0.2) is 60.7 Å². The van der Waals surface area contributed by atoms with E-state index in [4.69, 9.17) is 16.2 Å². The average molecular weight is 337 g/mol. The fourth-order valence-corrected chi connectivity index (χ4v) is 2.68. The number of fused-ring (bicyclic) bond motifs is 1. The summed E-state index contributed by atoms with van der Waals surface area (Å²) in [4.78, 5) is 31.6. The van der Waals surface area contributed by atoms with Crippen molar-refractivity contribution >= 4 is 22.8 Å². The molecule has 1 fully saturated rings. The van der Waals surface area contributed by atoms with E-state index in [1.54, 1.807) is 0 Å². The van der Waals surface area contributed by atoms with E-state index in [-0.39, 0.29) is 16.9 Å². The van der Waals surface area contributed by atoms with Crippen molar-refractivity contribution in [2.75, 3.05) is 12.3 Å². The van der Waals surface area contributed by atoms with E-state index >= 15 is 0 Å². The Morgan fingerprint density at radius 1 is 1.33 bits per heavy atom. The maximum absolute atomic E-state index is 12.4. The zero-order chi connectivity index (χ0) is 17.6. The normalized spacial score (nSPS) is 26.8. The molecule has 0 aromatic carbocycles. The van der Waals surface area contributed by atoms with Crippen molar-refractivity contribution in [3.05, 3.63) is 28.3 Å². The van der Waals surface area contributed by atoms with Gasteiger partial charge in [0, 0.05) is 6.20 Å². The van der Waals surface area contributed by atoms with Gasteiger partial charge in [0.25, 0.3) is 5.91 Å². The fourth-order valence-electron chi connectivity index (χ4n) is 2.68. The first-order valence-corrected chi connectivity index (χ1v) is 6.94. The fraction of sp³-hybridized carbons (Fsp3) is 0.385. The lowest BCUT2D eigenvalue weighted by atomic mass is 10.1. The number of amides is 1. The van der Waals surface area contributed by atoms with Gasteiger partial charge in [-0.2, -0.15) is 0 Å². The van der Waals surface area contributed by atoms with Crippen molar-refractivity contribution in [3.8, 4) is 0 Å². The highest BCUT2D eigenvalue weighted by atomic mass is 16.6. The minimum absolute atomic E-state index is 0.00709. The lowest BCUT2D eigenvalue weighted by Crippen LogP contribution is -2.34. The summed E-state index contributed by atoms with van der Waals surface area (Å²) >= 11 is 0. The van der Waals surface area contributed by atoms with Gasteiger partial charge in [0.15, 0.2) is 11.9 Å². The van der Waals surface area contributed by atoms with E-state index in [0.717, 1.165) is 12.5 Å². The number of aromatic nitrogens is 3. The summed E-state index contributed by atoms with van der Waals surface area (Å²) in [5.74, 6) is -1.18. The maximum atomic E-state index is 12.4. The van der Waals surface area contributed by atoms with Crippen LogP contribution >= 0.6 is 0 Å². The summed E-state index contributed by atoms with van der Waals surface area (Å²) in [6.07, 6.45) is -2.91. The Morgan fingerprint density at radius 2 is 2.04 bits per heavy atom. The zero-order valence-corrected chi connectivity index (χ0v) is 12.2. The van der Waals surface area contributed by atoms with Crippen LogP contribution in [0, 0.1) is 0 Å². The molecular formula is C13H15N5O6. The SMILES string of the molecule is NC(=O)c1cn(C2OC(CO)C(O)C2O)c2ncnc(N)c2c1=O. The highest BCUT2D eigenvalue weighted by molar-refractivity contribution is 5.97. The highest BCUT2D eigenvalue weighted by Crippen LogP contribution is 2.31. The number of aliphatic hydroxyl groups excluding tert-OH is 3. The van der Waals surface area contributed by atoms with Crippen molar-refractivity contribution in [1.82, 2.24) is 14.5 Å². The monoisotopic (exact) mass is 337 g/mol. The number of carbonyl (C=O) groups is 1. The Balaban J connectivity index is 2.29. The molecule has 2 aromatic heterocycles. The second-order valence-electron chi connectivity index (χ2n) is 5.33. The molecule has 3 rings (SSSR count). The van der Waals surface area contributed by atoms with Crippen LogP contribution < -0.4 is 16.9 Å². The maximum Gasteiger partial charge on any atom is 0.254 e. The molecule has 4 atom stereocenters. The van der Waals surface area contributed by atoms with Crippen molar-refractivity contribution in [3.63, 3.8) is 0 Å². The van der Waals surface area contributed by atoms with E-state index in [2.05, 4.69) is 9.97 Å². The van der Waals surface area contributed by atoms with Crippen LogP contribution in [0.3, 0.4) is 0 Å². The van der Waals surface area contributed by atoms with E-state index < -0.39 is 48.0 Å². The molecule has 1 amide bonds. The molecule has 1 aliphatic rings. The van der Waals surface area contributed by atoms with E-state index in [1.807, 2.05) is 0 Å². The Labute approximate surface area is 134 Å². The second-order valence-corrected chi connectivity index (χ2v) is 5.33. The van der Waals surface area contributed by atoms with Gasteiger partial charge in [0.2, 0.25) is 5.43 Å². The van der Waals surface area contributed by atoms with Gasteiger partial charge in [-0.3, -0.25) is 9.59 Å². The molecule has 3 heterocycles. The first-order chi connectivity index (χ1) is 11.4. The molecule has 0 spiro atoms. The molecule has 7 N–H and O–H groups in total. The molecule has 0 aliphatic carbocycles. The van der Waals surface area contributed by atoms with Gasteiger partial charge in [-0.15, -0.1) is 0 Å². The minimum atomic E-state index is -1.44. The lowest BCUT2D eigenvalue weighted by Gasteiger charge is -2.21. The van der Waals surface area contributed by atoms with Crippen LogP contribution in [0.25, 0.3) is 11.0 Å². The van der Waals surface area contributed by atoms with Gasteiger partial charge in [0.1, 0.15) is 41.4 Å². The third kappa shape index (κ3) is 2.30. The number of nitrogen functional groups attached to an aromatic ring is 1. The molecule has 0 saturated carbocycles. The quantitative estimate of drug-likeness (QED) is 0.391. The number of anilines is 1. The number of primary amides is 1. The van der Waals surface area contributed by atoms with Crippen LogP contribution in [0.1, 0.15) is 16.6 Å². The van der Waals surface area contributed by atoms with Crippen LogP contribution in [0.4, 0.5) is 5.82 Å². The number of nitrogens with two attached hydrogens (primary N) is 2. The zero-order valence-electron chi connectivity index (χ0n) is 12.2. The molecule has 128 valence electrons. The summed E-state index contributed by atoms with van der Waals surface area (Å²) in [5.41, 5.74) is 9.75. The molecule has 2 aromatic rings. The van der Waals surface area contributed by atoms with E-state index in [9.17, 15) is 24.9 Å². The topological polar surface area (TPSA) is 187 Å². The minimum Gasteiger partial charge on any atom is -0.394 e. The van der Waals surface area contributed by atoms with Crippen LogP contribution in [0.5, 0.6) is 0 Å². The molecule has 0 bridgehead atoms. The van der Waals surface area contributed by atoms with Crippen molar-refractivity contribution in [2.45, 2.75) is 24.5 Å².